The van der Waals surface area contributed by atoms with Gasteiger partial charge in [-0.2, -0.15) is 0 Å². The predicted molar refractivity (Wildman–Crippen MR) is 166 cm³/mol. The fraction of sp³-hybridized carbons (Fsp3) is 0.152. The van der Waals surface area contributed by atoms with E-state index in [-0.39, 0.29) is 17.6 Å². The quantitative estimate of drug-likeness (QED) is 0.0973. The summed E-state index contributed by atoms with van der Waals surface area (Å²) in [7, 11) is 1.36. The summed E-state index contributed by atoms with van der Waals surface area (Å²) in [4.78, 5) is 39.9. The van der Waals surface area contributed by atoms with Gasteiger partial charge in [-0.25, -0.2) is 9.18 Å². The van der Waals surface area contributed by atoms with Crippen molar-refractivity contribution < 1.29 is 23.5 Å². The van der Waals surface area contributed by atoms with Gasteiger partial charge in [0, 0.05) is 22.8 Å². The Labute approximate surface area is 253 Å². The highest BCUT2D eigenvalue weighted by Crippen LogP contribution is 2.34. The van der Waals surface area contributed by atoms with Gasteiger partial charge in [0.05, 0.1) is 24.0 Å². The van der Waals surface area contributed by atoms with Crippen molar-refractivity contribution in [3.8, 4) is 0 Å². The summed E-state index contributed by atoms with van der Waals surface area (Å²) in [6.45, 7) is 0.440. The number of nitrogens with zero attached hydrogens (tertiary/aromatic N) is 3. The molecule has 1 heterocycles. The molecule has 0 saturated carbocycles. The minimum absolute atomic E-state index is 0.130. The van der Waals surface area contributed by atoms with Crippen LogP contribution in [-0.4, -0.2) is 48.5 Å². The number of rotatable bonds is 12. The molecule has 1 N–H and O–H groups in total. The van der Waals surface area contributed by atoms with E-state index in [2.05, 4.69) is 10.5 Å². The number of aryl methyl sites for hydroxylation is 1. The SMILES string of the molecule is COC(=O)c1ccc(CCSc2ccc3c(c2)C(=NN(C=O)Nc2ccc(F)cc2)C(=O)N3CCc2ccccc2)cc1. The van der Waals surface area contributed by atoms with Gasteiger partial charge in [-0.15, -0.1) is 22.0 Å². The van der Waals surface area contributed by atoms with Crippen molar-refractivity contribution in [3.63, 3.8) is 0 Å². The number of ether oxygens (including phenoxy) is 1. The van der Waals surface area contributed by atoms with E-state index >= 15 is 0 Å². The van der Waals surface area contributed by atoms with Crippen molar-refractivity contribution in [1.29, 1.82) is 0 Å². The molecule has 0 fully saturated rings. The number of esters is 1. The topological polar surface area (TPSA) is 91.3 Å². The summed E-state index contributed by atoms with van der Waals surface area (Å²) in [5.41, 5.74) is 7.39. The number of hydrogen-bond donors (Lipinski definition) is 1. The van der Waals surface area contributed by atoms with Crippen LogP contribution in [0.5, 0.6) is 0 Å². The van der Waals surface area contributed by atoms with Crippen LogP contribution in [0.25, 0.3) is 0 Å². The van der Waals surface area contributed by atoms with E-state index < -0.39 is 5.82 Å². The minimum atomic E-state index is -0.410. The second-order valence-corrected chi connectivity index (χ2v) is 10.8. The number of benzene rings is 4. The average Bonchev–Trinajstić information content (AvgIpc) is 3.30. The van der Waals surface area contributed by atoms with Crippen LogP contribution in [0.15, 0.2) is 107 Å². The van der Waals surface area contributed by atoms with E-state index in [9.17, 15) is 18.8 Å². The van der Waals surface area contributed by atoms with Crippen molar-refractivity contribution in [2.24, 2.45) is 5.10 Å². The number of nitrogens with one attached hydrogen (secondary N) is 1. The maximum Gasteiger partial charge on any atom is 0.337 e. The van der Waals surface area contributed by atoms with Crippen LogP contribution in [0, 0.1) is 5.82 Å². The largest absolute Gasteiger partial charge is 0.465 e. The van der Waals surface area contributed by atoms with Crippen molar-refractivity contribution in [1.82, 2.24) is 5.12 Å². The molecule has 0 aromatic heterocycles. The molecule has 0 aliphatic carbocycles. The van der Waals surface area contributed by atoms with Crippen LogP contribution < -0.4 is 10.3 Å². The summed E-state index contributed by atoms with van der Waals surface area (Å²) in [5, 5.41) is 5.30. The molecule has 1 aliphatic rings. The fourth-order valence-electron chi connectivity index (χ4n) is 4.64. The zero-order valence-electron chi connectivity index (χ0n) is 23.4. The lowest BCUT2D eigenvalue weighted by molar-refractivity contribution is -0.117. The van der Waals surface area contributed by atoms with Gasteiger partial charge < -0.3 is 9.64 Å². The lowest BCUT2D eigenvalue weighted by atomic mass is 10.1. The third-order valence-electron chi connectivity index (χ3n) is 6.86. The van der Waals surface area contributed by atoms with E-state index in [1.807, 2.05) is 60.7 Å². The number of thioether (sulfide) groups is 1. The summed E-state index contributed by atoms with van der Waals surface area (Å²) in [6.07, 6.45) is 1.88. The number of hydrazone groups is 1. The highest BCUT2D eigenvalue weighted by atomic mass is 32.2. The summed E-state index contributed by atoms with van der Waals surface area (Å²) in [6, 6.07) is 28.5. The number of anilines is 2. The molecule has 218 valence electrons. The first-order valence-electron chi connectivity index (χ1n) is 13.6. The Kier molecular flexibility index (Phi) is 9.48. The number of methoxy groups -OCH3 is 1. The molecule has 0 spiro atoms. The lowest BCUT2D eigenvalue weighted by Crippen LogP contribution is -2.34. The molecule has 0 unspecified atom stereocenters. The number of hydrazine groups is 1. The Hall–Kier alpha value is -4.96. The van der Waals surface area contributed by atoms with Gasteiger partial charge in [-0.3, -0.25) is 15.0 Å². The molecule has 0 bridgehead atoms. The summed E-state index contributed by atoms with van der Waals surface area (Å²) >= 11 is 1.63. The molecule has 8 nitrogen and oxygen atoms in total. The Bertz CT molecular complexity index is 1630. The monoisotopic (exact) mass is 596 g/mol. The number of amides is 2. The highest BCUT2D eigenvalue weighted by molar-refractivity contribution is 7.99. The first-order chi connectivity index (χ1) is 20.9. The smallest absolute Gasteiger partial charge is 0.337 e. The Morgan fingerprint density at radius 2 is 1.70 bits per heavy atom. The first kappa shape index (κ1) is 29.5. The minimum Gasteiger partial charge on any atom is -0.465 e. The molecule has 1 aliphatic heterocycles. The maximum atomic E-state index is 13.7. The molecule has 4 aromatic rings. The van der Waals surface area contributed by atoms with Crippen LogP contribution in [0.4, 0.5) is 15.8 Å². The van der Waals surface area contributed by atoms with Gasteiger partial charge in [0.15, 0.2) is 5.71 Å². The molecule has 0 atom stereocenters. The van der Waals surface area contributed by atoms with Crippen LogP contribution in [0.2, 0.25) is 0 Å². The van der Waals surface area contributed by atoms with Gasteiger partial charge in [-0.1, -0.05) is 42.5 Å². The molecule has 10 heteroatoms. The van der Waals surface area contributed by atoms with Crippen LogP contribution in [0.3, 0.4) is 0 Å². The Morgan fingerprint density at radius 3 is 2.40 bits per heavy atom. The average molecular weight is 597 g/mol. The van der Waals surface area contributed by atoms with Gasteiger partial charge in [-0.05, 0) is 78.6 Å². The van der Waals surface area contributed by atoms with Crippen molar-refractivity contribution in [2.75, 3.05) is 29.7 Å². The lowest BCUT2D eigenvalue weighted by Gasteiger charge is -2.17. The van der Waals surface area contributed by atoms with Crippen molar-refractivity contribution >= 4 is 47.1 Å². The molecule has 5 rings (SSSR count). The fourth-order valence-corrected chi connectivity index (χ4v) is 5.58. The number of halogens is 1. The number of carbonyl (C=O) groups excluding carboxylic acids is 3. The van der Waals surface area contributed by atoms with E-state index in [1.54, 1.807) is 28.8 Å². The second-order valence-electron chi connectivity index (χ2n) is 9.68. The number of fused-ring (bicyclic) bond motifs is 1. The van der Waals surface area contributed by atoms with E-state index in [0.29, 0.717) is 36.2 Å². The Morgan fingerprint density at radius 1 is 0.977 bits per heavy atom. The number of carbonyl (C=O) groups is 3. The molecule has 4 aromatic carbocycles. The van der Waals surface area contributed by atoms with Gasteiger partial charge >= 0.3 is 5.97 Å². The molecule has 2 amide bonds. The third-order valence-corrected chi connectivity index (χ3v) is 7.85. The summed E-state index contributed by atoms with van der Waals surface area (Å²) < 4.78 is 18.1. The molecular formula is C33H29FN4O4S. The standard InChI is InChI=1S/C33H29FN4O4S/c1-42-33(41)25-9-7-24(8-10-25)18-20-43-28-15-16-30-29(21-28)31(32(40)37(30)19-17-23-5-3-2-4-6-23)36-38(22-39)35-27-13-11-26(34)12-14-27/h2-16,21-22,35H,17-20H2,1H3. The predicted octanol–water partition coefficient (Wildman–Crippen LogP) is 5.73. The highest BCUT2D eigenvalue weighted by Gasteiger charge is 2.35. The molecule has 0 radical (unpaired) electrons. The zero-order chi connectivity index (χ0) is 30.2. The zero-order valence-corrected chi connectivity index (χ0v) is 24.2. The first-order valence-corrected chi connectivity index (χ1v) is 14.6. The molecular weight excluding hydrogens is 567 g/mol. The van der Waals surface area contributed by atoms with E-state index in [4.69, 9.17) is 4.74 Å². The van der Waals surface area contributed by atoms with Gasteiger partial charge in [0.1, 0.15) is 5.82 Å². The van der Waals surface area contributed by atoms with E-state index in [0.717, 1.165) is 39.0 Å². The van der Waals surface area contributed by atoms with Gasteiger partial charge in [0.2, 0.25) is 6.41 Å². The number of hydrogen-bond acceptors (Lipinski definition) is 7. The van der Waals surface area contributed by atoms with Crippen LogP contribution >= 0.6 is 11.8 Å². The van der Waals surface area contributed by atoms with Crippen molar-refractivity contribution in [2.45, 2.75) is 17.7 Å². The van der Waals surface area contributed by atoms with Crippen molar-refractivity contribution in [3.05, 3.63) is 125 Å². The van der Waals surface area contributed by atoms with Gasteiger partial charge in [0.25, 0.3) is 5.91 Å². The van der Waals surface area contributed by atoms with Crippen LogP contribution in [0.1, 0.15) is 27.0 Å². The molecule has 0 saturated heterocycles. The van der Waals surface area contributed by atoms with Crippen LogP contribution in [-0.2, 0) is 27.2 Å². The maximum absolute atomic E-state index is 13.7. The van der Waals surface area contributed by atoms with E-state index in [1.165, 1.54) is 31.4 Å². The Balaban J connectivity index is 1.36. The normalized spacial score (nSPS) is 13.1. The third kappa shape index (κ3) is 7.28. The second kappa shape index (κ2) is 13.8. The summed E-state index contributed by atoms with van der Waals surface area (Å²) in [5.74, 6) is -0.329. The molecule has 43 heavy (non-hydrogen) atoms.